The van der Waals surface area contributed by atoms with Crippen molar-refractivity contribution in [3.8, 4) is 11.5 Å². The Hall–Kier alpha value is -1.75. The normalized spacial score (nSPS) is 25.1. The van der Waals surface area contributed by atoms with Crippen LogP contribution in [0.4, 0.5) is 0 Å². The van der Waals surface area contributed by atoms with Crippen LogP contribution in [0.5, 0.6) is 11.5 Å². The number of aliphatic carboxylic acids is 1. The smallest absolute Gasteiger partial charge is 0.310 e. The second-order valence-corrected chi connectivity index (χ2v) is 5.59. The zero-order chi connectivity index (χ0) is 14.2. The van der Waals surface area contributed by atoms with Crippen molar-refractivity contribution in [2.75, 3.05) is 19.9 Å². The maximum absolute atomic E-state index is 11.4. The van der Waals surface area contributed by atoms with Crippen molar-refractivity contribution in [3.05, 3.63) is 23.8 Å². The zero-order valence-corrected chi connectivity index (χ0v) is 11.6. The summed E-state index contributed by atoms with van der Waals surface area (Å²) in [5.41, 5.74) is 0.558. The second kappa shape index (κ2) is 4.98. The fourth-order valence-electron chi connectivity index (χ4n) is 3.01. The van der Waals surface area contributed by atoms with Crippen LogP contribution in [0.15, 0.2) is 18.2 Å². The maximum Gasteiger partial charge on any atom is 0.310 e. The van der Waals surface area contributed by atoms with Crippen LogP contribution in [0, 0.1) is 5.41 Å². The molecule has 3 rings (SSSR count). The molecule has 0 bridgehead atoms. The fourth-order valence-corrected chi connectivity index (χ4v) is 3.01. The molecule has 1 atom stereocenters. The minimum Gasteiger partial charge on any atom is -0.481 e. The first-order valence-corrected chi connectivity index (χ1v) is 6.97. The van der Waals surface area contributed by atoms with Crippen molar-refractivity contribution in [3.63, 3.8) is 0 Å². The Morgan fingerprint density at radius 2 is 2.20 bits per heavy atom. The summed E-state index contributed by atoms with van der Waals surface area (Å²) in [4.78, 5) is 13.6. The van der Waals surface area contributed by atoms with Gasteiger partial charge in [-0.3, -0.25) is 9.69 Å². The van der Waals surface area contributed by atoms with Crippen molar-refractivity contribution in [2.24, 2.45) is 5.41 Å². The molecule has 2 heterocycles. The first-order valence-electron chi connectivity index (χ1n) is 6.97. The van der Waals surface area contributed by atoms with E-state index in [1.54, 1.807) is 0 Å². The van der Waals surface area contributed by atoms with E-state index in [2.05, 4.69) is 4.90 Å². The van der Waals surface area contributed by atoms with Crippen LogP contribution in [0.2, 0.25) is 0 Å². The van der Waals surface area contributed by atoms with E-state index in [4.69, 9.17) is 9.47 Å². The van der Waals surface area contributed by atoms with Crippen molar-refractivity contribution in [1.29, 1.82) is 0 Å². The van der Waals surface area contributed by atoms with Crippen LogP contribution < -0.4 is 9.47 Å². The summed E-state index contributed by atoms with van der Waals surface area (Å²) >= 11 is 0. The monoisotopic (exact) mass is 277 g/mol. The van der Waals surface area contributed by atoms with Gasteiger partial charge in [-0.1, -0.05) is 13.0 Å². The summed E-state index contributed by atoms with van der Waals surface area (Å²) in [6.07, 6.45) is 1.41. The Balaban J connectivity index is 1.69. The third-order valence-electron chi connectivity index (χ3n) is 4.41. The van der Waals surface area contributed by atoms with Crippen molar-refractivity contribution >= 4 is 5.97 Å². The van der Waals surface area contributed by atoms with Gasteiger partial charge in [-0.15, -0.1) is 0 Å². The first kappa shape index (κ1) is 13.2. The third kappa shape index (κ3) is 2.22. The van der Waals surface area contributed by atoms with E-state index in [9.17, 15) is 9.90 Å². The van der Waals surface area contributed by atoms with E-state index in [0.717, 1.165) is 36.6 Å². The van der Waals surface area contributed by atoms with Gasteiger partial charge in [0.2, 0.25) is 6.79 Å². The minimum atomic E-state index is -0.673. The predicted octanol–water partition coefficient (Wildman–Crippen LogP) is 2.10. The fraction of sp³-hybridized carbons (Fsp3) is 0.533. The molecule has 0 aromatic heterocycles. The highest BCUT2D eigenvalue weighted by Crippen LogP contribution is 2.36. The number of likely N-dealkylation sites (tertiary alicyclic amines) is 1. The molecular formula is C15H19NO4. The summed E-state index contributed by atoms with van der Waals surface area (Å²) < 4.78 is 10.7. The van der Waals surface area contributed by atoms with E-state index >= 15 is 0 Å². The highest BCUT2D eigenvalue weighted by molar-refractivity contribution is 5.75. The average Bonchev–Trinajstić information content (AvgIpc) is 3.05. The van der Waals surface area contributed by atoms with Crippen LogP contribution in [-0.2, 0) is 11.3 Å². The van der Waals surface area contributed by atoms with Crippen LogP contribution in [0.3, 0.4) is 0 Å². The van der Waals surface area contributed by atoms with Gasteiger partial charge in [-0.25, -0.2) is 0 Å². The highest BCUT2D eigenvalue weighted by Gasteiger charge is 2.43. The van der Waals surface area contributed by atoms with Crippen LogP contribution in [0.25, 0.3) is 0 Å². The van der Waals surface area contributed by atoms with Gasteiger partial charge in [-0.2, -0.15) is 0 Å². The molecular weight excluding hydrogens is 258 g/mol. The predicted molar refractivity (Wildman–Crippen MR) is 72.8 cm³/mol. The van der Waals surface area contributed by atoms with Crippen LogP contribution in [0.1, 0.15) is 25.3 Å². The van der Waals surface area contributed by atoms with E-state index in [1.807, 2.05) is 25.1 Å². The molecule has 0 spiro atoms. The minimum absolute atomic E-state index is 0.278. The van der Waals surface area contributed by atoms with Gasteiger partial charge in [0.1, 0.15) is 0 Å². The largest absolute Gasteiger partial charge is 0.481 e. The lowest BCUT2D eigenvalue weighted by Crippen LogP contribution is -2.33. The molecule has 2 aliphatic rings. The van der Waals surface area contributed by atoms with Gasteiger partial charge in [0.25, 0.3) is 0 Å². The number of nitrogens with zero attached hydrogens (tertiary/aromatic N) is 1. The van der Waals surface area contributed by atoms with Crippen molar-refractivity contribution < 1.29 is 19.4 Å². The molecule has 2 aliphatic heterocycles. The molecule has 108 valence electrons. The lowest BCUT2D eigenvalue weighted by molar-refractivity contribution is -0.148. The topological polar surface area (TPSA) is 59.0 Å². The molecule has 0 saturated carbocycles. The second-order valence-electron chi connectivity index (χ2n) is 5.59. The van der Waals surface area contributed by atoms with E-state index in [1.165, 1.54) is 0 Å². The molecule has 20 heavy (non-hydrogen) atoms. The van der Waals surface area contributed by atoms with Gasteiger partial charge in [-0.05, 0) is 37.1 Å². The third-order valence-corrected chi connectivity index (χ3v) is 4.41. The summed E-state index contributed by atoms with van der Waals surface area (Å²) in [6.45, 7) is 4.44. The Kier molecular flexibility index (Phi) is 3.30. The first-order chi connectivity index (χ1) is 9.63. The average molecular weight is 277 g/mol. The summed E-state index contributed by atoms with van der Waals surface area (Å²) in [5.74, 6) is 0.887. The van der Waals surface area contributed by atoms with Gasteiger partial charge in [0.15, 0.2) is 11.5 Å². The number of rotatable bonds is 4. The number of benzene rings is 1. The molecule has 1 fully saturated rings. The molecule has 1 aromatic carbocycles. The van der Waals surface area contributed by atoms with Gasteiger partial charge in [0, 0.05) is 13.1 Å². The molecule has 1 saturated heterocycles. The van der Waals surface area contributed by atoms with Crippen LogP contribution in [-0.4, -0.2) is 35.9 Å². The molecule has 0 aliphatic carbocycles. The van der Waals surface area contributed by atoms with Crippen LogP contribution >= 0.6 is 0 Å². The number of hydrogen-bond donors (Lipinski definition) is 1. The Labute approximate surface area is 118 Å². The SMILES string of the molecule is CCC1(C(=O)O)CCN(Cc2ccc3c(c2)OCO3)C1. The molecule has 0 radical (unpaired) electrons. The zero-order valence-electron chi connectivity index (χ0n) is 11.6. The Morgan fingerprint density at radius 1 is 1.40 bits per heavy atom. The van der Waals surface area contributed by atoms with Crippen molar-refractivity contribution in [1.82, 2.24) is 4.90 Å². The van der Waals surface area contributed by atoms with Crippen molar-refractivity contribution in [2.45, 2.75) is 26.3 Å². The number of hydrogen-bond acceptors (Lipinski definition) is 4. The lowest BCUT2D eigenvalue weighted by Gasteiger charge is -2.23. The molecule has 5 heteroatoms. The molecule has 1 unspecified atom stereocenters. The van der Waals surface area contributed by atoms with E-state index in [-0.39, 0.29) is 6.79 Å². The Bertz CT molecular complexity index is 531. The van der Waals surface area contributed by atoms with E-state index in [0.29, 0.717) is 13.0 Å². The summed E-state index contributed by atoms with van der Waals surface area (Å²) in [5, 5.41) is 9.41. The maximum atomic E-state index is 11.4. The standard InChI is InChI=1S/C15H19NO4/c1-2-15(14(17)18)5-6-16(9-15)8-11-3-4-12-13(7-11)20-10-19-12/h3-4,7H,2,5-6,8-10H2,1H3,(H,17,18). The quantitative estimate of drug-likeness (QED) is 0.913. The number of carboxylic acids is 1. The number of carboxylic acid groups (broad SMARTS) is 1. The summed E-state index contributed by atoms with van der Waals surface area (Å²) in [6, 6.07) is 5.91. The summed E-state index contributed by atoms with van der Waals surface area (Å²) in [7, 11) is 0. The van der Waals surface area contributed by atoms with Gasteiger partial charge < -0.3 is 14.6 Å². The molecule has 1 N–H and O–H groups in total. The Morgan fingerprint density at radius 3 is 2.90 bits per heavy atom. The van der Waals surface area contributed by atoms with Gasteiger partial charge >= 0.3 is 5.97 Å². The van der Waals surface area contributed by atoms with Gasteiger partial charge in [0.05, 0.1) is 5.41 Å². The number of ether oxygens (including phenoxy) is 2. The molecule has 1 aromatic rings. The van der Waals surface area contributed by atoms with E-state index < -0.39 is 11.4 Å². The lowest BCUT2D eigenvalue weighted by atomic mass is 9.84. The molecule has 5 nitrogen and oxygen atoms in total. The number of carbonyl (C=O) groups is 1. The highest BCUT2D eigenvalue weighted by atomic mass is 16.7. The molecule has 0 amide bonds. The number of fused-ring (bicyclic) bond motifs is 1.